The van der Waals surface area contributed by atoms with Gasteiger partial charge in [0, 0.05) is 17.0 Å². The molecule has 1 saturated carbocycles. The van der Waals surface area contributed by atoms with E-state index in [1.807, 2.05) is 24.3 Å². The van der Waals surface area contributed by atoms with E-state index in [9.17, 15) is 4.79 Å². The molecule has 2 atom stereocenters. The average Bonchev–Trinajstić information content (AvgIpc) is 3.51. The molecule has 1 aromatic carbocycles. The van der Waals surface area contributed by atoms with Gasteiger partial charge in [-0.2, -0.15) is 0 Å². The van der Waals surface area contributed by atoms with Crippen LogP contribution in [0.2, 0.25) is 0 Å². The molecular weight excluding hydrogens is 486 g/mol. The third-order valence-corrected chi connectivity index (χ3v) is 9.09. The van der Waals surface area contributed by atoms with Crippen LogP contribution in [-0.4, -0.2) is 39.7 Å². The number of aromatic nitrogens is 2. The molecule has 4 heterocycles. The van der Waals surface area contributed by atoms with Crippen LogP contribution in [0.25, 0.3) is 15.9 Å². The summed E-state index contributed by atoms with van der Waals surface area (Å²) in [5.74, 6) is 4.32. The van der Waals surface area contributed by atoms with Gasteiger partial charge in [0.05, 0.1) is 15.7 Å². The number of fused-ring (bicyclic) bond motifs is 3. The van der Waals surface area contributed by atoms with Crippen molar-refractivity contribution in [1.29, 1.82) is 0 Å². The molecule has 2 bridgehead atoms. The Labute approximate surface area is 199 Å². The highest BCUT2D eigenvalue weighted by Crippen LogP contribution is 2.44. The van der Waals surface area contributed by atoms with Crippen molar-refractivity contribution >= 4 is 37.5 Å². The van der Waals surface area contributed by atoms with E-state index in [1.165, 1.54) is 30.6 Å². The first-order valence-corrected chi connectivity index (χ1v) is 12.8. The molecule has 6 rings (SSSR count). The van der Waals surface area contributed by atoms with Gasteiger partial charge in [0.15, 0.2) is 5.82 Å². The highest BCUT2D eigenvalue weighted by Gasteiger charge is 2.39. The number of nitrogens with zero attached hydrogens (tertiary/aromatic N) is 3. The van der Waals surface area contributed by atoms with Crippen LogP contribution in [0.3, 0.4) is 0 Å². The first kappa shape index (κ1) is 20.5. The van der Waals surface area contributed by atoms with E-state index in [2.05, 4.69) is 38.8 Å². The molecule has 0 N–H and O–H groups in total. The molecule has 2 aromatic heterocycles. The van der Waals surface area contributed by atoms with Gasteiger partial charge in [-0.25, -0.2) is 4.98 Å². The normalized spacial score (nSPS) is 25.2. The maximum absolute atomic E-state index is 13.4. The molecule has 3 fully saturated rings. The molecule has 5 nitrogen and oxygen atoms in total. The zero-order valence-electron chi connectivity index (χ0n) is 17.9. The first-order valence-electron chi connectivity index (χ1n) is 11.2. The molecule has 2 saturated heterocycles. The predicted molar refractivity (Wildman–Crippen MR) is 131 cm³/mol. The van der Waals surface area contributed by atoms with Crippen LogP contribution in [0.15, 0.2) is 33.5 Å². The quantitative estimate of drug-likeness (QED) is 0.460. The van der Waals surface area contributed by atoms with Crippen molar-refractivity contribution in [2.45, 2.75) is 62.6 Å². The third kappa shape index (κ3) is 3.40. The largest absolute Gasteiger partial charge is 0.489 e. The van der Waals surface area contributed by atoms with Gasteiger partial charge in [0.25, 0.3) is 5.56 Å². The van der Waals surface area contributed by atoms with Gasteiger partial charge in [-0.15, -0.1) is 17.8 Å². The summed E-state index contributed by atoms with van der Waals surface area (Å²) < 4.78 is 9.42. The second-order valence-corrected chi connectivity index (χ2v) is 11.2. The fourth-order valence-electron chi connectivity index (χ4n) is 5.27. The molecule has 2 aliphatic heterocycles. The lowest BCUT2D eigenvalue weighted by Crippen LogP contribution is -2.43. The Morgan fingerprint density at radius 2 is 1.94 bits per heavy atom. The topological polar surface area (TPSA) is 47.4 Å². The minimum atomic E-state index is -0.104. The highest BCUT2D eigenvalue weighted by molar-refractivity contribution is 9.10. The molecule has 0 spiro atoms. The number of ether oxygens (including phenoxy) is 1. The Hall–Kier alpha value is -2.14. The number of terminal acetylenes is 1. The van der Waals surface area contributed by atoms with Crippen LogP contribution in [0.5, 0.6) is 5.75 Å². The number of hydrogen-bond acceptors (Lipinski definition) is 5. The zero-order chi connectivity index (χ0) is 22.0. The SMILES string of the molecule is C#Cc1nc2cc(C3CC3)sc2c(=O)n1-c1ccc(OC2CC3CCC(C2)N3C)c(Br)c1. The Kier molecular flexibility index (Phi) is 4.94. The van der Waals surface area contributed by atoms with Crippen molar-refractivity contribution in [2.24, 2.45) is 0 Å². The Morgan fingerprint density at radius 1 is 1.19 bits per heavy atom. The number of rotatable bonds is 4. The van der Waals surface area contributed by atoms with Crippen LogP contribution in [0.4, 0.5) is 0 Å². The number of thiophene rings is 1. The summed E-state index contributed by atoms with van der Waals surface area (Å²) in [5, 5.41) is 0. The zero-order valence-corrected chi connectivity index (χ0v) is 20.3. The fourth-order valence-corrected chi connectivity index (χ4v) is 6.92. The number of benzene rings is 1. The maximum Gasteiger partial charge on any atom is 0.276 e. The van der Waals surface area contributed by atoms with Crippen molar-refractivity contribution in [1.82, 2.24) is 14.5 Å². The van der Waals surface area contributed by atoms with E-state index in [-0.39, 0.29) is 11.7 Å². The summed E-state index contributed by atoms with van der Waals surface area (Å²) in [4.78, 5) is 21.7. The van der Waals surface area contributed by atoms with E-state index >= 15 is 0 Å². The lowest BCUT2D eigenvalue weighted by molar-refractivity contribution is 0.0657. The Balaban J connectivity index is 1.33. The van der Waals surface area contributed by atoms with Crippen LogP contribution in [0, 0.1) is 12.3 Å². The van der Waals surface area contributed by atoms with Crippen molar-refractivity contribution in [3.8, 4) is 23.8 Å². The summed E-state index contributed by atoms with van der Waals surface area (Å²) >= 11 is 5.22. The van der Waals surface area contributed by atoms with Crippen molar-refractivity contribution in [3.63, 3.8) is 0 Å². The molecule has 2 unspecified atom stereocenters. The maximum atomic E-state index is 13.4. The summed E-state index contributed by atoms with van der Waals surface area (Å²) in [6.07, 6.45) is 13.0. The van der Waals surface area contributed by atoms with Gasteiger partial charge < -0.3 is 9.64 Å². The van der Waals surface area contributed by atoms with Crippen molar-refractivity contribution in [2.75, 3.05) is 7.05 Å². The molecule has 0 radical (unpaired) electrons. The molecule has 3 aliphatic rings. The van der Waals surface area contributed by atoms with E-state index in [0.717, 1.165) is 23.1 Å². The average molecular weight is 510 g/mol. The Bertz CT molecular complexity index is 1310. The lowest BCUT2D eigenvalue weighted by Gasteiger charge is -2.36. The van der Waals surface area contributed by atoms with Crippen LogP contribution >= 0.6 is 27.3 Å². The summed E-state index contributed by atoms with van der Waals surface area (Å²) in [7, 11) is 2.23. The van der Waals surface area contributed by atoms with Crippen LogP contribution in [0.1, 0.15) is 55.1 Å². The molecule has 0 amide bonds. The molecule has 7 heteroatoms. The summed E-state index contributed by atoms with van der Waals surface area (Å²) in [6.45, 7) is 0. The monoisotopic (exact) mass is 509 g/mol. The van der Waals surface area contributed by atoms with Gasteiger partial charge in [-0.3, -0.25) is 9.36 Å². The first-order chi connectivity index (χ1) is 15.5. The second-order valence-electron chi connectivity index (χ2n) is 9.23. The van der Waals surface area contributed by atoms with Gasteiger partial charge in [0.2, 0.25) is 0 Å². The lowest BCUT2D eigenvalue weighted by atomic mass is 10.0. The van der Waals surface area contributed by atoms with Crippen LogP contribution in [-0.2, 0) is 0 Å². The number of halogens is 1. The predicted octanol–water partition coefficient (Wildman–Crippen LogP) is 5.07. The van der Waals surface area contributed by atoms with Gasteiger partial charge in [-0.1, -0.05) is 0 Å². The van der Waals surface area contributed by atoms with Gasteiger partial charge >= 0.3 is 0 Å². The van der Waals surface area contributed by atoms with Gasteiger partial charge in [-0.05, 0) is 97.6 Å². The molecular formula is C25H24BrN3O2S. The molecule has 32 heavy (non-hydrogen) atoms. The van der Waals surface area contributed by atoms with E-state index < -0.39 is 0 Å². The second kappa shape index (κ2) is 7.72. The fraction of sp³-hybridized carbons (Fsp3) is 0.440. The minimum Gasteiger partial charge on any atom is -0.489 e. The molecule has 3 aromatic rings. The van der Waals surface area contributed by atoms with Crippen molar-refractivity contribution in [3.05, 3.63) is 49.8 Å². The molecule has 1 aliphatic carbocycles. The third-order valence-electron chi connectivity index (χ3n) is 7.20. The summed E-state index contributed by atoms with van der Waals surface area (Å²) in [5.41, 5.74) is 1.30. The molecule has 164 valence electrons. The summed E-state index contributed by atoms with van der Waals surface area (Å²) in [6, 6.07) is 9.01. The van der Waals surface area contributed by atoms with E-state index in [0.29, 0.717) is 39.7 Å². The van der Waals surface area contributed by atoms with Crippen LogP contribution < -0.4 is 10.3 Å². The van der Waals surface area contributed by atoms with Crippen molar-refractivity contribution < 1.29 is 4.74 Å². The smallest absolute Gasteiger partial charge is 0.276 e. The number of hydrogen-bond donors (Lipinski definition) is 0. The Morgan fingerprint density at radius 3 is 2.59 bits per heavy atom. The number of piperidine rings is 1. The minimum absolute atomic E-state index is 0.104. The van der Waals surface area contributed by atoms with Gasteiger partial charge in [0.1, 0.15) is 16.6 Å². The van der Waals surface area contributed by atoms with E-state index in [1.54, 1.807) is 15.9 Å². The highest BCUT2D eigenvalue weighted by atomic mass is 79.9. The van der Waals surface area contributed by atoms with E-state index in [4.69, 9.17) is 11.2 Å². The standard InChI is InChI=1S/C25H24BrN3O2S/c1-3-23-27-20-13-22(14-4-5-14)32-24(20)25(30)29(23)17-8-9-21(19(26)12-17)31-18-10-15-6-7-16(11-18)28(15)2/h1,8-9,12-16,18H,4-7,10-11H2,2H3.